The zero-order valence-electron chi connectivity index (χ0n) is 5.62. The first-order chi connectivity index (χ1) is 5.69. The molecule has 0 amide bonds. The molecule has 0 aliphatic heterocycles. The zero-order chi connectivity index (χ0) is 9.14. The van der Waals surface area contributed by atoms with Crippen LogP contribution in [0.3, 0.4) is 0 Å². The Labute approximate surface area is 77.5 Å². The second-order valence-corrected chi connectivity index (χ2v) is 2.54. The normalized spacial score (nSPS) is 9.50. The maximum Gasteiger partial charge on any atom is 0.194 e. The predicted molar refractivity (Wildman–Crippen MR) is 42.8 cm³/mol. The van der Waals surface area contributed by atoms with Gasteiger partial charge in [0.1, 0.15) is 10.7 Å². The fraction of sp³-hybridized carbons (Fsp3) is 0. The average molecular weight is 205 g/mol. The maximum atomic E-state index is 10.3. The molecular weight excluding hydrogens is 203 g/mol. The Bertz CT molecular complexity index is 341. The third kappa shape index (κ3) is 1.60. The molecule has 6 heteroatoms. The molecule has 1 aromatic rings. The lowest BCUT2D eigenvalue weighted by Crippen LogP contribution is -1.99. The molecule has 1 rings (SSSR count). The van der Waals surface area contributed by atoms with E-state index in [0.29, 0.717) is 12.6 Å². The Morgan fingerprint density at radius 2 is 1.75 bits per heavy atom. The third-order valence-electron chi connectivity index (χ3n) is 1.07. The molecule has 0 spiro atoms. The Morgan fingerprint density at radius 1 is 1.08 bits per heavy atom. The highest BCUT2D eigenvalue weighted by Gasteiger charge is 2.09. The van der Waals surface area contributed by atoms with E-state index in [1.807, 2.05) is 0 Å². The second kappa shape index (κ2) is 3.60. The summed E-state index contributed by atoms with van der Waals surface area (Å²) in [5.74, 6) is -0.161. The molecule has 0 N–H and O–H groups in total. The van der Waals surface area contributed by atoms with E-state index in [9.17, 15) is 9.59 Å². The zero-order valence-corrected chi connectivity index (χ0v) is 7.13. The van der Waals surface area contributed by atoms with Crippen LogP contribution in [0.1, 0.15) is 21.1 Å². The van der Waals surface area contributed by atoms with Crippen LogP contribution in [-0.4, -0.2) is 22.5 Å². The molecule has 1 aromatic heterocycles. The van der Waals surface area contributed by atoms with Crippen LogP contribution < -0.4 is 0 Å². The summed E-state index contributed by atoms with van der Waals surface area (Å²) in [6.07, 6.45) is 0.790. The number of aromatic nitrogens is 2. The number of hydrogen-bond acceptors (Lipinski definition) is 4. The smallest absolute Gasteiger partial charge is 0.194 e. The molecule has 0 unspecified atom stereocenters. The summed E-state index contributed by atoms with van der Waals surface area (Å²) in [5, 5.41) is -0.145. The van der Waals surface area contributed by atoms with Crippen LogP contribution in [-0.2, 0) is 0 Å². The highest BCUT2D eigenvalue weighted by Crippen LogP contribution is 2.20. The molecule has 0 aliphatic carbocycles. The van der Waals surface area contributed by atoms with Crippen molar-refractivity contribution in [3.8, 4) is 0 Å². The minimum atomic E-state index is -0.161. The molecule has 0 aliphatic rings. The Kier molecular flexibility index (Phi) is 2.73. The van der Waals surface area contributed by atoms with Crippen LogP contribution in [0.4, 0.5) is 0 Å². The minimum Gasteiger partial charge on any atom is -0.296 e. The van der Waals surface area contributed by atoms with Crippen LogP contribution in [0.25, 0.3) is 0 Å². The van der Waals surface area contributed by atoms with Crippen LogP contribution in [0.5, 0.6) is 0 Å². The van der Waals surface area contributed by atoms with Gasteiger partial charge < -0.3 is 0 Å². The molecular formula is C6H2Cl2N2O2. The Morgan fingerprint density at radius 3 is 2.25 bits per heavy atom. The molecule has 0 saturated carbocycles. The monoisotopic (exact) mass is 204 g/mol. The van der Waals surface area contributed by atoms with Gasteiger partial charge in [0, 0.05) is 0 Å². The van der Waals surface area contributed by atoms with Gasteiger partial charge in [0.2, 0.25) is 0 Å². The molecule has 4 nitrogen and oxygen atoms in total. The molecule has 1 heterocycles. The second-order valence-electron chi connectivity index (χ2n) is 1.81. The number of carbonyl (C=O) groups excluding carboxylic acids is 2. The van der Waals surface area contributed by atoms with Crippen molar-refractivity contribution in [1.82, 2.24) is 9.97 Å². The van der Waals surface area contributed by atoms with Gasteiger partial charge >= 0.3 is 0 Å². The summed E-state index contributed by atoms with van der Waals surface area (Å²) in [7, 11) is 0. The number of halogens is 2. The fourth-order valence-electron chi connectivity index (χ4n) is 0.584. The van der Waals surface area contributed by atoms with E-state index < -0.39 is 0 Å². The molecule has 0 aromatic carbocycles. The summed E-state index contributed by atoms with van der Waals surface area (Å²) < 4.78 is 0. The lowest BCUT2D eigenvalue weighted by atomic mass is 10.4. The average Bonchev–Trinajstić information content (AvgIpc) is 2.09. The van der Waals surface area contributed by atoms with Crippen LogP contribution in [0.2, 0.25) is 10.2 Å². The Hall–Kier alpha value is -1.00. The van der Waals surface area contributed by atoms with Crippen molar-refractivity contribution in [3.63, 3.8) is 0 Å². The number of aldehydes is 2. The van der Waals surface area contributed by atoms with E-state index in [0.717, 1.165) is 0 Å². The molecule has 0 atom stereocenters. The summed E-state index contributed by atoms with van der Waals surface area (Å²) in [6.45, 7) is 0. The first-order valence-corrected chi connectivity index (χ1v) is 3.58. The van der Waals surface area contributed by atoms with Gasteiger partial charge in [0.15, 0.2) is 23.5 Å². The third-order valence-corrected chi connectivity index (χ3v) is 1.81. The van der Waals surface area contributed by atoms with Crippen molar-refractivity contribution in [2.24, 2.45) is 0 Å². The van der Waals surface area contributed by atoms with Gasteiger partial charge in [0.05, 0.1) is 0 Å². The van der Waals surface area contributed by atoms with Crippen molar-refractivity contribution in [2.75, 3.05) is 0 Å². The number of nitrogens with zero attached hydrogens (tertiary/aromatic N) is 2. The first-order valence-electron chi connectivity index (χ1n) is 2.82. The lowest BCUT2D eigenvalue weighted by Gasteiger charge is -1.97. The van der Waals surface area contributed by atoms with E-state index in [1.54, 1.807) is 0 Å². The molecule has 0 bridgehead atoms. The van der Waals surface area contributed by atoms with Gasteiger partial charge in [0.25, 0.3) is 0 Å². The molecule has 0 radical (unpaired) electrons. The first kappa shape index (κ1) is 9.09. The number of rotatable bonds is 2. The molecule has 0 saturated heterocycles. The molecule has 12 heavy (non-hydrogen) atoms. The predicted octanol–water partition coefficient (Wildman–Crippen LogP) is 1.41. The standard InChI is InChI=1S/C6H2Cl2N2O2/c7-5-3(1-11)9-4(2-12)10-6(5)8/h1-2H. The topological polar surface area (TPSA) is 59.9 Å². The SMILES string of the molecule is O=Cc1nc(Cl)c(Cl)c(C=O)n1. The van der Waals surface area contributed by atoms with Gasteiger partial charge in [-0.25, -0.2) is 9.97 Å². The van der Waals surface area contributed by atoms with E-state index in [-0.39, 0.29) is 21.7 Å². The van der Waals surface area contributed by atoms with Crippen LogP contribution >= 0.6 is 23.2 Å². The van der Waals surface area contributed by atoms with Gasteiger partial charge in [-0.15, -0.1) is 0 Å². The quantitative estimate of drug-likeness (QED) is 0.540. The molecule has 0 fully saturated rings. The van der Waals surface area contributed by atoms with Crippen molar-refractivity contribution in [1.29, 1.82) is 0 Å². The van der Waals surface area contributed by atoms with Gasteiger partial charge in [-0.1, -0.05) is 23.2 Å². The van der Waals surface area contributed by atoms with Crippen molar-refractivity contribution < 1.29 is 9.59 Å². The summed E-state index contributed by atoms with van der Waals surface area (Å²) in [5.41, 5.74) is -0.0845. The summed E-state index contributed by atoms with van der Waals surface area (Å²) in [4.78, 5) is 27.5. The van der Waals surface area contributed by atoms with Crippen molar-refractivity contribution in [2.45, 2.75) is 0 Å². The van der Waals surface area contributed by atoms with Crippen LogP contribution in [0.15, 0.2) is 0 Å². The van der Waals surface area contributed by atoms with E-state index in [1.165, 1.54) is 0 Å². The maximum absolute atomic E-state index is 10.3. The van der Waals surface area contributed by atoms with Crippen LogP contribution in [0, 0.1) is 0 Å². The largest absolute Gasteiger partial charge is 0.296 e. The lowest BCUT2D eigenvalue weighted by molar-refractivity contribution is 0.111. The highest BCUT2D eigenvalue weighted by atomic mass is 35.5. The summed E-state index contributed by atoms with van der Waals surface area (Å²) in [6, 6.07) is 0. The van der Waals surface area contributed by atoms with Crippen molar-refractivity contribution >= 4 is 35.8 Å². The van der Waals surface area contributed by atoms with E-state index >= 15 is 0 Å². The van der Waals surface area contributed by atoms with Gasteiger partial charge in [-0.05, 0) is 0 Å². The highest BCUT2D eigenvalue weighted by molar-refractivity contribution is 6.42. The van der Waals surface area contributed by atoms with E-state index in [2.05, 4.69) is 9.97 Å². The minimum absolute atomic E-state index is 0.0442. The van der Waals surface area contributed by atoms with Crippen molar-refractivity contribution in [3.05, 3.63) is 21.7 Å². The van der Waals surface area contributed by atoms with Gasteiger partial charge in [-0.2, -0.15) is 0 Å². The Balaban J connectivity index is 3.37. The van der Waals surface area contributed by atoms with E-state index in [4.69, 9.17) is 23.2 Å². The van der Waals surface area contributed by atoms with Gasteiger partial charge in [-0.3, -0.25) is 9.59 Å². The number of carbonyl (C=O) groups is 2. The molecule has 62 valence electrons. The summed E-state index contributed by atoms with van der Waals surface area (Å²) >= 11 is 11.0. The number of hydrogen-bond donors (Lipinski definition) is 0. The fourth-order valence-corrected chi connectivity index (χ4v) is 0.896.